The molecule has 8 nitrogen and oxygen atoms in total. The molecule has 1 atom stereocenters. The van der Waals surface area contributed by atoms with E-state index in [0.29, 0.717) is 12.0 Å². The molecule has 3 rings (SSSR count). The molecular formula is C15H17FN6O2S. The van der Waals surface area contributed by atoms with E-state index >= 15 is 0 Å². The summed E-state index contributed by atoms with van der Waals surface area (Å²) >= 11 is 0. The Bertz CT molecular complexity index is 1090. The van der Waals surface area contributed by atoms with Crippen LogP contribution in [0.2, 0.25) is 0 Å². The average molecular weight is 364 g/mol. The van der Waals surface area contributed by atoms with Gasteiger partial charge in [-0.15, -0.1) is 0 Å². The van der Waals surface area contributed by atoms with Crippen molar-refractivity contribution in [1.29, 1.82) is 4.78 Å². The molecule has 3 aromatic rings. The van der Waals surface area contributed by atoms with E-state index in [9.17, 15) is 13.4 Å². The SMILES string of the molecule is CCCS(=N)(=O)c1nc(N)c2[nH]c(=O)n(Cc3ccc(F)cc3)c2n1. The fourth-order valence-corrected chi connectivity index (χ4v) is 3.71. The van der Waals surface area contributed by atoms with Crippen LogP contribution in [0.5, 0.6) is 0 Å². The standard InChI is InChI=1S/C15H17FN6O2S/c1-2-7-25(18,24)14-20-12(17)11-13(21-14)22(15(23)19-11)8-9-3-5-10(16)6-4-9/h3-6,18H,2,7-8H2,1H3,(H,19,23)(H2,17,20,21). The lowest BCUT2D eigenvalue weighted by Crippen LogP contribution is -2.18. The molecule has 0 aliphatic heterocycles. The van der Waals surface area contributed by atoms with Crippen molar-refractivity contribution in [1.82, 2.24) is 19.5 Å². The number of hydrogen-bond donors (Lipinski definition) is 3. The molecular weight excluding hydrogens is 347 g/mol. The lowest BCUT2D eigenvalue weighted by atomic mass is 10.2. The fourth-order valence-electron chi connectivity index (χ4n) is 2.48. The molecule has 0 aliphatic carbocycles. The molecule has 2 heterocycles. The van der Waals surface area contributed by atoms with Gasteiger partial charge in [0.25, 0.3) is 0 Å². The zero-order valence-corrected chi connectivity index (χ0v) is 14.3. The van der Waals surface area contributed by atoms with Crippen LogP contribution in [0.3, 0.4) is 0 Å². The number of rotatable bonds is 5. The number of nitrogens with one attached hydrogen (secondary N) is 2. The minimum absolute atomic E-state index is 0.0361. The highest BCUT2D eigenvalue weighted by Crippen LogP contribution is 2.19. The number of halogens is 1. The van der Waals surface area contributed by atoms with E-state index in [0.717, 1.165) is 0 Å². The predicted molar refractivity (Wildman–Crippen MR) is 92.3 cm³/mol. The van der Waals surface area contributed by atoms with Gasteiger partial charge in [-0.3, -0.25) is 4.57 Å². The maximum atomic E-state index is 13.0. The van der Waals surface area contributed by atoms with Gasteiger partial charge in [-0.25, -0.2) is 23.2 Å². The van der Waals surface area contributed by atoms with Crippen LogP contribution >= 0.6 is 0 Å². The summed E-state index contributed by atoms with van der Waals surface area (Å²) in [5.74, 6) is -0.312. The summed E-state index contributed by atoms with van der Waals surface area (Å²) in [5, 5.41) is -0.189. The quantitative estimate of drug-likeness (QED) is 0.593. The van der Waals surface area contributed by atoms with E-state index < -0.39 is 15.4 Å². The summed E-state index contributed by atoms with van der Waals surface area (Å²) in [4.78, 5) is 22.9. The monoisotopic (exact) mass is 364 g/mol. The van der Waals surface area contributed by atoms with Gasteiger partial charge in [0.05, 0.1) is 6.54 Å². The van der Waals surface area contributed by atoms with Crippen molar-refractivity contribution < 1.29 is 8.60 Å². The maximum Gasteiger partial charge on any atom is 0.328 e. The van der Waals surface area contributed by atoms with Gasteiger partial charge in [0.1, 0.15) is 21.1 Å². The Hall–Kier alpha value is -2.75. The first-order chi connectivity index (χ1) is 11.8. The number of nitrogens with two attached hydrogens (primary N) is 1. The summed E-state index contributed by atoms with van der Waals surface area (Å²) in [7, 11) is -3.19. The largest absolute Gasteiger partial charge is 0.382 e. The highest BCUT2D eigenvalue weighted by molar-refractivity contribution is 7.92. The van der Waals surface area contributed by atoms with Crippen molar-refractivity contribution in [2.75, 3.05) is 11.5 Å². The highest BCUT2D eigenvalue weighted by Gasteiger charge is 2.19. The molecule has 1 aromatic carbocycles. The molecule has 0 aliphatic rings. The van der Waals surface area contributed by atoms with Crippen LogP contribution in [0.4, 0.5) is 10.2 Å². The number of nitrogens with zero attached hydrogens (tertiary/aromatic N) is 3. The first-order valence-corrected chi connectivity index (χ1v) is 9.31. The van der Waals surface area contributed by atoms with Gasteiger partial charge in [-0.05, 0) is 24.1 Å². The van der Waals surface area contributed by atoms with E-state index in [1.807, 2.05) is 0 Å². The third-order valence-corrected chi connectivity index (χ3v) is 5.43. The van der Waals surface area contributed by atoms with Crippen molar-refractivity contribution in [3.63, 3.8) is 0 Å². The van der Waals surface area contributed by atoms with Crippen LogP contribution in [-0.4, -0.2) is 29.5 Å². The van der Waals surface area contributed by atoms with Gasteiger partial charge in [0, 0.05) is 5.75 Å². The first kappa shape index (κ1) is 17.1. The second-order valence-electron chi connectivity index (χ2n) is 5.61. The van der Waals surface area contributed by atoms with Gasteiger partial charge in [-0.2, -0.15) is 4.98 Å². The predicted octanol–water partition coefficient (Wildman–Crippen LogP) is 1.70. The van der Waals surface area contributed by atoms with Crippen LogP contribution in [0.1, 0.15) is 18.9 Å². The van der Waals surface area contributed by atoms with Crippen molar-refractivity contribution >= 4 is 26.7 Å². The molecule has 0 bridgehead atoms. The summed E-state index contributed by atoms with van der Waals surface area (Å²) in [6.45, 7) is 1.93. The average Bonchev–Trinajstić information content (AvgIpc) is 2.86. The van der Waals surface area contributed by atoms with Crippen molar-refractivity contribution in [3.8, 4) is 0 Å². The van der Waals surface area contributed by atoms with Crippen molar-refractivity contribution in [3.05, 3.63) is 46.1 Å². The Morgan fingerprint density at radius 1 is 1.32 bits per heavy atom. The lowest BCUT2D eigenvalue weighted by Gasteiger charge is -2.07. The molecule has 25 heavy (non-hydrogen) atoms. The third kappa shape index (κ3) is 3.25. The van der Waals surface area contributed by atoms with Gasteiger partial charge in [0.15, 0.2) is 11.5 Å². The number of imidazole rings is 1. The molecule has 132 valence electrons. The number of H-pyrrole nitrogens is 1. The number of benzene rings is 1. The van der Waals surface area contributed by atoms with Crippen LogP contribution in [-0.2, 0) is 16.3 Å². The van der Waals surface area contributed by atoms with Crippen LogP contribution in [0.25, 0.3) is 11.2 Å². The second kappa shape index (κ2) is 6.28. The van der Waals surface area contributed by atoms with E-state index in [1.54, 1.807) is 19.1 Å². The van der Waals surface area contributed by atoms with Gasteiger partial charge >= 0.3 is 5.69 Å². The summed E-state index contributed by atoms with van der Waals surface area (Å²) in [6.07, 6.45) is 0.527. The zero-order chi connectivity index (χ0) is 18.2. The lowest BCUT2D eigenvalue weighted by molar-refractivity contribution is 0.626. The van der Waals surface area contributed by atoms with Crippen molar-refractivity contribution in [2.45, 2.75) is 25.0 Å². The second-order valence-corrected chi connectivity index (χ2v) is 7.74. The number of hydrogen-bond acceptors (Lipinski definition) is 6. The number of anilines is 1. The van der Waals surface area contributed by atoms with Crippen LogP contribution in [0.15, 0.2) is 34.2 Å². The number of aromatic nitrogens is 4. The molecule has 0 amide bonds. The topological polar surface area (TPSA) is 131 Å². The van der Waals surface area contributed by atoms with E-state index in [4.69, 9.17) is 10.5 Å². The Kier molecular flexibility index (Phi) is 4.29. The first-order valence-electron chi connectivity index (χ1n) is 7.59. The molecule has 2 aromatic heterocycles. The molecule has 0 radical (unpaired) electrons. The third-order valence-electron chi connectivity index (χ3n) is 3.67. The summed E-state index contributed by atoms with van der Waals surface area (Å²) in [6, 6.07) is 5.69. The normalized spacial score (nSPS) is 13.8. The Morgan fingerprint density at radius 3 is 2.64 bits per heavy atom. The number of nitrogen functional groups attached to an aromatic ring is 1. The fraction of sp³-hybridized carbons (Fsp3) is 0.267. The number of fused-ring (bicyclic) bond motifs is 1. The van der Waals surface area contributed by atoms with E-state index in [1.165, 1.54) is 16.7 Å². The molecule has 0 fully saturated rings. The van der Waals surface area contributed by atoms with Gasteiger partial charge in [-0.1, -0.05) is 19.1 Å². The summed E-state index contributed by atoms with van der Waals surface area (Å²) < 4.78 is 34.8. The number of aromatic amines is 1. The Morgan fingerprint density at radius 2 is 2.00 bits per heavy atom. The van der Waals surface area contributed by atoms with Crippen molar-refractivity contribution in [2.24, 2.45) is 0 Å². The zero-order valence-electron chi connectivity index (χ0n) is 13.5. The summed E-state index contributed by atoms with van der Waals surface area (Å²) in [5.41, 5.74) is 6.47. The highest BCUT2D eigenvalue weighted by atomic mass is 32.2. The molecule has 0 spiro atoms. The molecule has 1 unspecified atom stereocenters. The molecule has 0 saturated heterocycles. The van der Waals surface area contributed by atoms with Crippen LogP contribution < -0.4 is 11.4 Å². The molecule has 4 N–H and O–H groups in total. The van der Waals surface area contributed by atoms with Crippen LogP contribution in [0, 0.1) is 10.6 Å². The maximum absolute atomic E-state index is 13.0. The van der Waals surface area contributed by atoms with E-state index in [-0.39, 0.29) is 40.3 Å². The smallest absolute Gasteiger partial charge is 0.328 e. The molecule has 10 heteroatoms. The minimum atomic E-state index is -3.19. The Labute approximate surface area is 142 Å². The minimum Gasteiger partial charge on any atom is -0.382 e. The van der Waals surface area contributed by atoms with Gasteiger partial charge < -0.3 is 10.7 Å². The van der Waals surface area contributed by atoms with Gasteiger partial charge in [0.2, 0.25) is 5.16 Å². The Balaban J connectivity index is 2.15. The van der Waals surface area contributed by atoms with E-state index in [2.05, 4.69) is 15.0 Å². The molecule has 0 saturated carbocycles.